The third kappa shape index (κ3) is 4.78. The summed E-state index contributed by atoms with van der Waals surface area (Å²) in [4.78, 5) is 0. The fraction of sp³-hybridized carbons (Fsp3) is 1.00. The van der Waals surface area contributed by atoms with Crippen LogP contribution in [0.5, 0.6) is 0 Å². The van der Waals surface area contributed by atoms with Gasteiger partial charge in [0, 0.05) is 6.42 Å². The van der Waals surface area contributed by atoms with Crippen molar-refractivity contribution < 1.29 is 64.5 Å². The molecule has 0 amide bonds. The lowest BCUT2D eigenvalue weighted by Crippen LogP contribution is -2.65. The van der Waals surface area contributed by atoms with Gasteiger partial charge in [-0.1, -0.05) is 34.6 Å². The first kappa shape index (κ1) is 36.5. The Morgan fingerprint density at radius 3 is 2.18 bits per heavy atom. The lowest BCUT2D eigenvalue weighted by atomic mass is 9.41. The number of aliphatic hydroxyl groups excluding tert-OH is 8. The number of rotatable bonds is 5. The first-order valence-corrected chi connectivity index (χ1v) is 19.1. The highest BCUT2D eigenvalue weighted by Gasteiger charge is 2.85. The molecule has 5 aliphatic carbocycles. The summed E-state index contributed by atoms with van der Waals surface area (Å²) in [5, 5.41) is 84.3. The van der Waals surface area contributed by atoms with Gasteiger partial charge in [0.05, 0.1) is 31.5 Å². The zero-order chi connectivity index (χ0) is 35.9. The molecule has 0 bridgehead atoms. The van der Waals surface area contributed by atoms with Gasteiger partial charge in [0.25, 0.3) is 0 Å². The molecule has 3 saturated heterocycles. The Morgan fingerprint density at radius 1 is 0.740 bits per heavy atom. The van der Waals surface area contributed by atoms with Gasteiger partial charge in [0.2, 0.25) is 0 Å². The molecule has 8 aliphatic rings. The Hall–Kier alpha value is -0.520. The molecule has 0 aromatic rings. The van der Waals surface area contributed by atoms with Crippen LogP contribution in [-0.2, 0) is 23.7 Å². The molecule has 50 heavy (non-hydrogen) atoms. The quantitative estimate of drug-likeness (QED) is 0.182. The zero-order valence-electron chi connectivity index (χ0n) is 30.0. The second-order valence-corrected chi connectivity index (χ2v) is 18.8. The molecule has 8 rings (SSSR count). The van der Waals surface area contributed by atoms with Crippen molar-refractivity contribution in [3.63, 3.8) is 0 Å². The molecule has 21 atom stereocenters. The van der Waals surface area contributed by atoms with Gasteiger partial charge in [-0.3, -0.25) is 0 Å². The SMILES string of the molecule is C[C@@H]1CC(O)OC2C[C@@]3(C)C4C(O[C@H]5O[C@@H](CO)[C@H](O)[C@@H](O)[C@@H]5O)CC5C(C)(C)C(O[C@@H]6OC[C@@H](O)[C@H](O)[C@H]6O)CC[C@@]56C[C@@]46CCC3(C)C21. The first-order valence-electron chi connectivity index (χ1n) is 19.1. The van der Waals surface area contributed by atoms with Crippen molar-refractivity contribution in [2.45, 2.75) is 166 Å². The van der Waals surface area contributed by atoms with Gasteiger partial charge in [-0.2, -0.15) is 0 Å². The first-order chi connectivity index (χ1) is 23.5. The van der Waals surface area contributed by atoms with E-state index in [-0.39, 0.29) is 64.1 Å². The Labute approximate surface area is 294 Å². The lowest BCUT2D eigenvalue weighted by molar-refractivity contribution is -0.335. The predicted octanol–water partition coefficient (Wildman–Crippen LogP) is 0.398. The van der Waals surface area contributed by atoms with E-state index in [9.17, 15) is 40.9 Å². The van der Waals surface area contributed by atoms with E-state index < -0.39 is 79.7 Å². The maximum atomic E-state index is 11.2. The Morgan fingerprint density at radius 2 is 1.46 bits per heavy atom. The molecule has 13 heteroatoms. The van der Waals surface area contributed by atoms with Crippen molar-refractivity contribution in [3.05, 3.63) is 0 Å². The van der Waals surface area contributed by atoms with Crippen molar-refractivity contribution in [1.82, 2.24) is 0 Å². The van der Waals surface area contributed by atoms with E-state index in [1.807, 2.05) is 0 Å². The van der Waals surface area contributed by atoms with Crippen LogP contribution in [0.4, 0.5) is 0 Å². The Kier molecular flexibility index (Phi) is 8.74. The van der Waals surface area contributed by atoms with Crippen molar-refractivity contribution in [2.75, 3.05) is 13.2 Å². The van der Waals surface area contributed by atoms with Gasteiger partial charge in [-0.15, -0.1) is 0 Å². The standard InChI is InChI=1S/C37H60O13/c1-16-10-23(40)47-19-12-35(5)30-18(48-32-29(45)27(43)26(42)20(13-38)49-32)11-21-33(2,3)22(50-31-28(44)25(41)17(39)14-46-31)6-7-36(21)15-37(30,36)9-8-34(35,4)24(16)19/h16-32,38-45H,6-15H2,1-5H3/t16-,17-,18?,19?,20+,21?,22?,23?,24?,25+,26+,27-,28-,29+,30?,31+,32+,34?,35+,36-,37+/m1/s1. The molecule has 2 spiro atoms. The Balaban J connectivity index is 1.16. The van der Waals surface area contributed by atoms with Crippen molar-refractivity contribution in [2.24, 2.45) is 50.7 Å². The molecule has 0 aromatic heterocycles. The van der Waals surface area contributed by atoms with E-state index in [0.717, 1.165) is 38.5 Å². The normalized spacial score (nSPS) is 61.3. The topological polar surface area (TPSA) is 208 Å². The summed E-state index contributed by atoms with van der Waals surface area (Å²) in [6.07, 6.45) is -6.88. The zero-order valence-corrected chi connectivity index (χ0v) is 30.0. The van der Waals surface area contributed by atoms with Crippen LogP contribution in [0, 0.1) is 50.7 Å². The predicted molar refractivity (Wildman–Crippen MR) is 174 cm³/mol. The monoisotopic (exact) mass is 712 g/mol. The van der Waals surface area contributed by atoms with E-state index in [1.54, 1.807) is 0 Å². The molecule has 8 fully saturated rings. The van der Waals surface area contributed by atoms with Gasteiger partial charge >= 0.3 is 0 Å². The summed E-state index contributed by atoms with van der Waals surface area (Å²) in [6, 6.07) is 0. The van der Waals surface area contributed by atoms with Crippen LogP contribution in [0.15, 0.2) is 0 Å². The number of aliphatic hydroxyl groups is 8. The minimum absolute atomic E-state index is 0.00209. The highest BCUT2D eigenvalue weighted by molar-refractivity contribution is 5.33. The van der Waals surface area contributed by atoms with E-state index in [4.69, 9.17) is 23.7 Å². The largest absolute Gasteiger partial charge is 0.394 e. The molecular weight excluding hydrogens is 652 g/mol. The van der Waals surface area contributed by atoms with E-state index in [0.29, 0.717) is 12.8 Å². The van der Waals surface area contributed by atoms with Gasteiger partial charge in [0.1, 0.15) is 42.7 Å². The Bertz CT molecular complexity index is 1300. The summed E-state index contributed by atoms with van der Waals surface area (Å²) in [5.74, 6) is 0.696. The summed E-state index contributed by atoms with van der Waals surface area (Å²) in [5.41, 5.74) is -0.859. The summed E-state index contributed by atoms with van der Waals surface area (Å²) in [7, 11) is 0. The van der Waals surface area contributed by atoms with Crippen LogP contribution in [0.2, 0.25) is 0 Å². The van der Waals surface area contributed by atoms with Gasteiger partial charge in [-0.25, -0.2) is 0 Å². The van der Waals surface area contributed by atoms with E-state index in [1.165, 1.54) is 0 Å². The highest BCUT2D eigenvalue weighted by Crippen LogP contribution is 2.89. The average Bonchev–Trinajstić information content (AvgIpc) is 3.64. The fourth-order valence-corrected chi connectivity index (χ4v) is 14.0. The lowest BCUT2D eigenvalue weighted by Gasteiger charge is -2.65. The van der Waals surface area contributed by atoms with Crippen LogP contribution in [-0.4, -0.2) is 134 Å². The molecule has 13 nitrogen and oxygen atoms in total. The van der Waals surface area contributed by atoms with Crippen molar-refractivity contribution >= 4 is 0 Å². The third-order valence-electron chi connectivity index (χ3n) is 16.5. The minimum atomic E-state index is -1.56. The smallest absolute Gasteiger partial charge is 0.186 e. The molecule has 5 saturated carbocycles. The van der Waals surface area contributed by atoms with Gasteiger partial charge in [0.15, 0.2) is 18.9 Å². The molecule has 286 valence electrons. The van der Waals surface area contributed by atoms with Crippen LogP contribution in [0.1, 0.15) is 86.0 Å². The maximum Gasteiger partial charge on any atom is 0.186 e. The second-order valence-electron chi connectivity index (χ2n) is 18.8. The molecule has 8 N–H and O–H groups in total. The van der Waals surface area contributed by atoms with Crippen molar-refractivity contribution in [1.29, 1.82) is 0 Å². The number of hydrogen-bond donors (Lipinski definition) is 8. The number of hydrogen-bond acceptors (Lipinski definition) is 13. The molecular formula is C37H60O13. The van der Waals surface area contributed by atoms with Crippen LogP contribution >= 0.6 is 0 Å². The number of fused-ring (bicyclic) bond motifs is 4. The van der Waals surface area contributed by atoms with Crippen LogP contribution in [0.25, 0.3) is 0 Å². The van der Waals surface area contributed by atoms with Crippen LogP contribution < -0.4 is 0 Å². The van der Waals surface area contributed by atoms with Crippen LogP contribution in [0.3, 0.4) is 0 Å². The molecule has 0 aromatic carbocycles. The van der Waals surface area contributed by atoms with E-state index >= 15 is 0 Å². The molecule has 0 radical (unpaired) electrons. The third-order valence-corrected chi connectivity index (χ3v) is 16.5. The molecule has 3 aliphatic heterocycles. The number of ether oxygens (including phenoxy) is 5. The second kappa shape index (κ2) is 12.0. The average molecular weight is 713 g/mol. The molecule has 8 unspecified atom stereocenters. The van der Waals surface area contributed by atoms with Gasteiger partial charge in [-0.05, 0) is 95.7 Å². The summed E-state index contributed by atoms with van der Waals surface area (Å²) in [6.45, 7) is 10.7. The van der Waals surface area contributed by atoms with Crippen molar-refractivity contribution in [3.8, 4) is 0 Å². The molecule has 3 heterocycles. The van der Waals surface area contributed by atoms with E-state index in [2.05, 4.69) is 34.6 Å². The maximum absolute atomic E-state index is 11.2. The fourth-order valence-electron chi connectivity index (χ4n) is 14.0. The summed E-state index contributed by atoms with van der Waals surface area (Å²) >= 11 is 0. The summed E-state index contributed by atoms with van der Waals surface area (Å²) < 4.78 is 31.4. The minimum Gasteiger partial charge on any atom is -0.394 e. The highest BCUT2D eigenvalue weighted by atomic mass is 16.7. The van der Waals surface area contributed by atoms with Gasteiger partial charge < -0.3 is 64.5 Å².